The van der Waals surface area contributed by atoms with E-state index in [1.165, 1.54) is 9.80 Å². The molecule has 4 aromatic rings. The van der Waals surface area contributed by atoms with Crippen molar-refractivity contribution in [1.82, 2.24) is 10.6 Å². The van der Waals surface area contributed by atoms with Crippen molar-refractivity contribution in [2.45, 2.75) is 44.7 Å². The van der Waals surface area contributed by atoms with Crippen LogP contribution >= 0.6 is 0 Å². The Hall–Kier alpha value is -5.64. The van der Waals surface area contributed by atoms with Crippen molar-refractivity contribution >= 4 is 35.5 Å². The fraction of sp³-hybridized carbons (Fsp3) is 0.282. The second-order valence-electron chi connectivity index (χ2n) is 11.5. The number of hydrogen-bond donors (Lipinski definition) is 2. The van der Waals surface area contributed by atoms with Crippen LogP contribution < -0.4 is 29.9 Å². The van der Waals surface area contributed by atoms with Crippen LogP contribution in [0, 0.1) is 0 Å². The van der Waals surface area contributed by atoms with Gasteiger partial charge in [-0.2, -0.15) is 0 Å². The summed E-state index contributed by atoms with van der Waals surface area (Å²) < 4.78 is 10.2. The predicted octanol–water partition coefficient (Wildman–Crippen LogP) is 5.20. The average Bonchev–Trinajstić information content (AvgIpc) is 3.14. The number of hydrogen-bond acceptors (Lipinski definition) is 6. The van der Waals surface area contributed by atoms with Gasteiger partial charge in [0.1, 0.15) is 17.5 Å². The van der Waals surface area contributed by atoms with E-state index in [0.717, 1.165) is 29.0 Å². The van der Waals surface area contributed by atoms with Crippen LogP contribution in [-0.2, 0) is 32.0 Å². The van der Waals surface area contributed by atoms with Crippen molar-refractivity contribution in [2.75, 3.05) is 38.1 Å². The Morgan fingerprint density at radius 2 is 1.10 bits per heavy atom. The minimum absolute atomic E-state index is 0.00525. The zero-order chi connectivity index (χ0) is 35.6. The molecule has 0 saturated carbocycles. The summed E-state index contributed by atoms with van der Waals surface area (Å²) in [6, 6.07) is 33.0. The molecule has 4 rings (SSSR count). The summed E-state index contributed by atoms with van der Waals surface area (Å²) in [5.74, 6) is 0.694. The Morgan fingerprint density at radius 1 is 0.653 bits per heavy atom. The monoisotopic (exact) mass is 666 g/mol. The summed E-state index contributed by atoms with van der Waals surface area (Å²) in [7, 11) is 6.57. The highest BCUT2D eigenvalue weighted by Gasteiger charge is 2.25. The number of benzene rings is 4. The van der Waals surface area contributed by atoms with Crippen molar-refractivity contribution in [1.29, 1.82) is 0 Å². The Balaban J connectivity index is 0.000000456. The van der Waals surface area contributed by atoms with E-state index in [1.54, 1.807) is 52.6 Å². The number of anilines is 2. The van der Waals surface area contributed by atoms with Gasteiger partial charge in [0, 0.05) is 50.8 Å². The molecule has 10 nitrogen and oxygen atoms in total. The summed E-state index contributed by atoms with van der Waals surface area (Å²) in [6.45, 7) is 1.94. The molecule has 0 fully saturated rings. The van der Waals surface area contributed by atoms with E-state index in [9.17, 15) is 19.2 Å². The maximum Gasteiger partial charge on any atom is 0.249 e. The molecular weight excluding hydrogens is 620 g/mol. The van der Waals surface area contributed by atoms with Gasteiger partial charge in [0.2, 0.25) is 24.1 Å². The van der Waals surface area contributed by atoms with Crippen molar-refractivity contribution < 1.29 is 28.7 Å². The molecule has 0 aliphatic carbocycles. The summed E-state index contributed by atoms with van der Waals surface area (Å²) in [6.07, 6.45) is 1.86. The number of nitrogens with one attached hydrogen (secondary N) is 2. The second-order valence-corrected chi connectivity index (χ2v) is 11.5. The summed E-state index contributed by atoms with van der Waals surface area (Å²) >= 11 is 0. The molecule has 2 N–H and O–H groups in total. The van der Waals surface area contributed by atoms with Crippen LogP contribution in [0.15, 0.2) is 109 Å². The lowest BCUT2D eigenvalue weighted by Crippen LogP contribution is -2.49. The zero-order valence-corrected chi connectivity index (χ0v) is 28.8. The van der Waals surface area contributed by atoms with E-state index in [-0.39, 0.29) is 36.6 Å². The quantitative estimate of drug-likeness (QED) is 0.169. The molecule has 258 valence electrons. The summed E-state index contributed by atoms with van der Waals surface area (Å²) in [5.41, 5.74) is 3.60. The van der Waals surface area contributed by atoms with Gasteiger partial charge in [0.25, 0.3) is 0 Å². The molecule has 4 aromatic carbocycles. The number of carbonyl (C=O) groups is 4. The zero-order valence-electron chi connectivity index (χ0n) is 28.8. The Labute approximate surface area is 289 Å². The molecule has 2 unspecified atom stereocenters. The van der Waals surface area contributed by atoms with Crippen LogP contribution in [0.4, 0.5) is 11.4 Å². The standard InChI is InChI=1S/C30H35N3O4.C9H11NO2/c1-22(20-23-10-6-4-7-11-23)31-28(34)18-19-29(35)32-27(21-24-12-8-5-9-13-24)30(36)33(2)25-14-16-26(37-3)17-15-25;1-10(7-11)8-3-5-9(12-2)6-4-8/h4-17,22,27H,18-21H2,1-3H3,(H,31,34)(H,32,35);3-7H,1-2H3. The molecule has 0 heterocycles. The molecule has 0 saturated heterocycles. The highest BCUT2D eigenvalue weighted by Crippen LogP contribution is 2.20. The number of ether oxygens (including phenoxy) is 2. The maximum absolute atomic E-state index is 13.4. The predicted molar refractivity (Wildman–Crippen MR) is 193 cm³/mol. The molecule has 49 heavy (non-hydrogen) atoms. The lowest BCUT2D eigenvalue weighted by Gasteiger charge is -2.25. The van der Waals surface area contributed by atoms with Gasteiger partial charge < -0.3 is 29.9 Å². The van der Waals surface area contributed by atoms with Gasteiger partial charge in [-0.1, -0.05) is 60.7 Å². The maximum atomic E-state index is 13.4. The lowest BCUT2D eigenvalue weighted by atomic mass is 10.0. The minimum atomic E-state index is -0.776. The van der Waals surface area contributed by atoms with Gasteiger partial charge in [-0.3, -0.25) is 19.2 Å². The van der Waals surface area contributed by atoms with Crippen LogP contribution in [0.3, 0.4) is 0 Å². The van der Waals surface area contributed by atoms with E-state index >= 15 is 0 Å². The fourth-order valence-corrected chi connectivity index (χ4v) is 4.95. The van der Waals surface area contributed by atoms with E-state index < -0.39 is 6.04 Å². The highest BCUT2D eigenvalue weighted by atomic mass is 16.5. The smallest absolute Gasteiger partial charge is 0.249 e. The van der Waals surface area contributed by atoms with Crippen LogP contribution in [0.25, 0.3) is 0 Å². The molecule has 0 aliphatic heterocycles. The number of likely N-dealkylation sites (N-methyl/N-ethyl adjacent to an activating group) is 1. The van der Waals surface area contributed by atoms with E-state index in [4.69, 9.17) is 9.47 Å². The number of rotatable bonds is 15. The molecular formula is C39H46N4O6. The molecule has 2 atom stereocenters. The number of nitrogens with zero attached hydrogens (tertiary/aromatic N) is 2. The Kier molecular flexibility index (Phi) is 15.3. The SMILES string of the molecule is COc1ccc(N(C)C(=O)C(Cc2ccccc2)NC(=O)CCC(=O)NC(C)Cc2ccccc2)cc1.COc1ccc(N(C)C=O)cc1. The van der Waals surface area contributed by atoms with Gasteiger partial charge in [-0.25, -0.2) is 0 Å². The number of amides is 4. The molecule has 0 aliphatic rings. The highest BCUT2D eigenvalue weighted by molar-refractivity contribution is 5.99. The first-order chi connectivity index (χ1) is 23.6. The van der Waals surface area contributed by atoms with Crippen molar-refractivity contribution in [3.63, 3.8) is 0 Å². The lowest BCUT2D eigenvalue weighted by molar-refractivity contribution is -0.129. The van der Waals surface area contributed by atoms with Crippen LogP contribution in [-0.4, -0.2) is 64.5 Å². The van der Waals surface area contributed by atoms with Crippen molar-refractivity contribution in [3.05, 3.63) is 120 Å². The number of methoxy groups -OCH3 is 2. The van der Waals surface area contributed by atoms with Crippen molar-refractivity contribution in [2.24, 2.45) is 0 Å². The molecule has 0 spiro atoms. The molecule has 4 amide bonds. The Morgan fingerprint density at radius 3 is 1.57 bits per heavy atom. The van der Waals surface area contributed by atoms with Gasteiger partial charge >= 0.3 is 0 Å². The van der Waals surface area contributed by atoms with Crippen LogP contribution in [0.1, 0.15) is 30.9 Å². The first-order valence-electron chi connectivity index (χ1n) is 16.0. The topological polar surface area (TPSA) is 117 Å². The van der Waals surface area contributed by atoms with E-state index in [0.29, 0.717) is 24.3 Å². The van der Waals surface area contributed by atoms with Gasteiger partial charge in [0.05, 0.1) is 14.2 Å². The minimum Gasteiger partial charge on any atom is -0.497 e. The molecule has 0 radical (unpaired) electrons. The third-order valence-electron chi connectivity index (χ3n) is 7.72. The first-order valence-corrected chi connectivity index (χ1v) is 16.0. The third kappa shape index (κ3) is 12.8. The third-order valence-corrected chi connectivity index (χ3v) is 7.72. The Bertz CT molecular complexity index is 1600. The van der Waals surface area contributed by atoms with Gasteiger partial charge in [-0.05, 0) is 73.0 Å². The van der Waals surface area contributed by atoms with Crippen LogP contribution in [0.2, 0.25) is 0 Å². The second kappa shape index (κ2) is 19.9. The van der Waals surface area contributed by atoms with E-state index in [1.807, 2.05) is 91.9 Å². The summed E-state index contributed by atoms with van der Waals surface area (Å²) in [4.78, 5) is 52.0. The van der Waals surface area contributed by atoms with E-state index in [2.05, 4.69) is 10.6 Å². The van der Waals surface area contributed by atoms with Gasteiger partial charge in [0.15, 0.2) is 0 Å². The number of carbonyl (C=O) groups excluding carboxylic acids is 4. The fourth-order valence-electron chi connectivity index (χ4n) is 4.95. The van der Waals surface area contributed by atoms with Crippen LogP contribution in [0.5, 0.6) is 11.5 Å². The van der Waals surface area contributed by atoms with Gasteiger partial charge in [-0.15, -0.1) is 0 Å². The molecule has 10 heteroatoms. The largest absolute Gasteiger partial charge is 0.497 e. The van der Waals surface area contributed by atoms with Crippen molar-refractivity contribution in [3.8, 4) is 11.5 Å². The molecule has 0 bridgehead atoms. The average molecular weight is 667 g/mol. The molecule has 0 aromatic heterocycles. The first kappa shape index (κ1) is 37.8. The summed E-state index contributed by atoms with van der Waals surface area (Å²) in [5, 5.41) is 5.80. The normalized spacial score (nSPS) is 11.4.